The largest absolute Gasteiger partial charge is 0.378 e. The van der Waals surface area contributed by atoms with Crippen LogP contribution in [0.25, 0.3) is 0 Å². The van der Waals surface area contributed by atoms with Crippen LogP contribution in [0.15, 0.2) is 36.7 Å². The van der Waals surface area contributed by atoms with Crippen LogP contribution in [0.2, 0.25) is 0 Å². The minimum Gasteiger partial charge on any atom is -0.378 e. The minimum absolute atomic E-state index is 0.120. The van der Waals surface area contributed by atoms with E-state index in [2.05, 4.69) is 35.1 Å². The summed E-state index contributed by atoms with van der Waals surface area (Å²) in [7, 11) is 4.06. The summed E-state index contributed by atoms with van der Waals surface area (Å²) in [5.41, 5.74) is 9.60. The first-order valence-corrected chi connectivity index (χ1v) is 6.17. The van der Waals surface area contributed by atoms with Crippen LogP contribution in [0.3, 0.4) is 0 Å². The second-order valence-electron chi connectivity index (χ2n) is 4.60. The summed E-state index contributed by atoms with van der Waals surface area (Å²) in [4.78, 5) is 2.08. The number of benzene rings is 1. The van der Waals surface area contributed by atoms with E-state index in [9.17, 15) is 0 Å². The lowest BCUT2D eigenvalue weighted by atomic mass is 10.0. The lowest BCUT2D eigenvalue weighted by Gasteiger charge is -2.16. The van der Waals surface area contributed by atoms with Crippen molar-refractivity contribution in [3.05, 3.63) is 47.8 Å². The second kappa shape index (κ2) is 5.23. The van der Waals surface area contributed by atoms with Gasteiger partial charge in [0.2, 0.25) is 0 Å². The minimum atomic E-state index is -0.120. The van der Waals surface area contributed by atoms with Crippen molar-refractivity contribution in [2.75, 3.05) is 19.0 Å². The quantitative estimate of drug-likeness (QED) is 0.895. The molecule has 4 heteroatoms. The summed E-state index contributed by atoms with van der Waals surface area (Å²) in [6, 6.07) is 8.17. The van der Waals surface area contributed by atoms with Crippen LogP contribution in [-0.4, -0.2) is 23.9 Å². The predicted octanol–water partition coefficient (Wildman–Crippen LogP) is 2.02. The first-order valence-electron chi connectivity index (χ1n) is 6.17. The van der Waals surface area contributed by atoms with Gasteiger partial charge in [-0.15, -0.1) is 0 Å². The van der Waals surface area contributed by atoms with E-state index < -0.39 is 0 Å². The van der Waals surface area contributed by atoms with Crippen molar-refractivity contribution in [2.45, 2.75) is 19.5 Å². The Bertz CT molecular complexity index is 516. The van der Waals surface area contributed by atoms with Gasteiger partial charge in [-0.1, -0.05) is 12.1 Å². The molecule has 0 fully saturated rings. The third-order valence-electron chi connectivity index (χ3n) is 3.08. The zero-order valence-electron chi connectivity index (χ0n) is 11.2. The van der Waals surface area contributed by atoms with Crippen molar-refractivity contribution in [2.24, 2.45) is 5.73 Å². The van der Waals surface area contributed by atoms with E-state index in [-0.39, 0.29) is 6.04 Å². The van der Waals surface area contributed by atoms with Crippen LogP contribution in [0.1, 0.15) is 24.1 Å². The first-order chi connectivity index (χ1) is 8.61. The Morgan fingerprint density at radius 1 is 1.33 bits per heavy atom. The number of hydrogen-bond donors (Lipinski definition) is 1. The molecule has 0 aliphatic heterocycles. The van der Waals surface area contributed by atoms with E-state index >= 15 is 0 Å². The molecule has 0 aliphatic rings. The smallest absolute Gasteiger partial charge is 0.0583 e. The number of aryl methyl sites for hydroxylation is 1. The second-order valence-corrected chi connectivity index (χ2v) is 4.60. The van der Waals surface area contributed by atoms with Crippen molar-refractivity contribution in [3.8, 4) is 0 Å². The molecule has 0 spiro atoms. The summed E-state index contributed by atoms with van der Waals surface area (Å²) in [6.07, 6.45) is 3.85. The highest BCUT2D eigenvalue weighted by atomic mass is 15.3. The van der Waals surface area contributed by atoms with Gasteiger partial charge in [-0.2, -0.15) is 5.10 Å². The molecule has 2 aromatic rings. The average molecular weight is 244 g/mol. The van der Waals surface area contributed by atoms with Crippen molar-refractivity contribution >= 4 is 5.69 Å². The molecular weight excluding hydrogens is 224 g/mol. The van der Waals surface area contributed by atoms with Crippen LogP contribution < -0.4 is 10.6 Å². The number of anilines is 1. The van der Waals surface area contributed by atoms with Crippen LogP contribution in [0.4, 0.5) is 5.69 Å². The van der Waals surface area contributed by atoms with E-state index in [1.807, 2.05) is 37.2 Å². The fourth-order valence-corrected chi connectivity index (χ4v) is 1.90. The molecule has 1 aromatic carbocycles. The highest BCUT2D eigenvalue weighted by molar-refractivity contribution is 5.49. The molecule has 18 heavy (non-hydrogen) atoms. The van der Waals surface area contributed by atoms with Gasteiger partial charge in [0.25, 0.3) is 0 Å². The molecule has 1 atom stereocenters. The molecule has 1 unspecified atom stereocenters. The Hall–Kier alpha value is -1.81. The third kappa shape index (κ3) is 2.54. The van der Waals surface area contributed by atoms with Crippen molar-refractivity contribution in [1.82, 2.24) is 9.78 Å². The Labute approximate surface area is 108 Å². The molecular formula is C14H20N4. The number of rotatable bonds is 4. The summed E-state index contributed by atoms with van der Waals surface area (Å²) in [6.45, 7) is 2.93. The summed E-state index contributed by atoms with van der Waals surface area (Å²) in [5.74, 6) is 0. The van der Waals surface area contributed by atoms with Crippen LogP contribution in [0, 0.1) is 0 Å². The van der Waals surface area contributed by atoms with Gasteiger partial charge < -0.3 is 10.6 Å². The van der Waals surface area contributed by atoms with Gasteiger partial charge in [0.15, 0.2) is 0 Å². The predicted molar refractivity (Wildman–Crippen MR) is 74.7 cm³/mol. The molecule has 0 saturated heterocycles. The number of hydrogen-bond acceptors (Lipinski definition) is 3. The molecule has 2 N–H and O–H groups in total. The fourth-order valence-electron chi connectivity index (χ4n) is 1.90. The summed E-state index contributed by atoms with van der Waals surface area (Å²) < 4.78 is 1.89. The molecule has 0 saturated carbocycles. The van der Waals surface area contributed by atoms with Gasteiger partial charge in [-0.3, -0.25) is 4.68 Å². The molecule has 1 aromatic heterocycles. The normalized spacial score (nSPS) is 12.4. The lowest BCUT2D eigenvalue weighted by molar-refractivity contribution is 0.658. The monoisotopic (exact) mass is 244 g/mol. The highest BCUT2D eigenvalue weighted by Gasteiger charge is 2.11. The van der Waals surface area contributed by atoms with Gasteiger partial charge in [0.05, 0.1) is 12.2 Å². The zero-order valence-corrected chi connectivity index (χ0v) is 11.2. The standard InChI is InChI=1S/C14H20N4/c1-4-18-10-12(9-16-18)14(15)11-6-5-7-13(8-11)17(2)3/h5-10,14H,4,15H2,1-3H3. The summed E-state index contributed by atoms with van der Waals surface area (Å²) >= 11 is 0. The molecule has 1 heterocycles. The van der Waals surface area contributed by atoms with Gasteiger partial charge >= 0.3 is 0 Å². The molecule has 0 aliphatic carbocycles. The molecule has 0 amide bonds. The maximum Gasteiger partial charge on any atom is 0.0583 e. The number of nitrogens with two attached hydrogens (primary N) is 1. The van der Waals surface area contributed by atoms with Gasteiger partial charge in [0.1, 0.15) is 0 Å². The van der Waals surface area contributed by atoms with Gasteiger partial charge in [0, 0.05) is 38.1 Å². The average Bonchev–Trinajstić information content (AvgIpc) is 2.86. The highest BCUT2D eigenvalue weighted by Crippen LogP contribution is 2.22. The third-order valence-corrected chi connectivity index (χ3v) is 3.08. The summed E-state index contributed by atoms with van der Waals surface area (Å²) in [5, 5.41) is 4.27. The van der Waals surface area contributed by atoms with Gasteiger partial charge in [-0.05, 0) is 24.6 Å². The molecule has 4 nitrogen and oxygen atoms in total. The first kappa shape index (κ1) is 12.6. The number of nitrogens with zero attached hydrogens (tertiary/aromatic N) is 3. The van der Waals surface area contributed by atoms with E-state index in [1.54, 1.807) is 0 Å². The maximum absolute atomic E-state index is 6.28. The SMILES string of the molecule is CCn1cc(C(N)c2cccc(N(C)C)c2)cn1. The molecule has 0 radical (unpaired) electrons. The Morgan fingerprint density at radius 2 is 2.11 bits per heavy atom. The van der Waals surface area contributed by atoms with Crippen molar-refractivity contribution in [1.29, 1.82) is 0 Å². The van der Waals surface area contributed by atoms with E-state index in [0.29, 0.717) is 0 Å². The fraction of sp³-hybridized carbons (Fsp3) is 0.357. The molecule has 0 bridgehead atoms. The van der Waals surface area contributed by atoms with Crippen LogP contribution in [0.5, 0.6) is 0 Å². The van der Waals surface area contributed by atoms with Crippen molar-refractivity contribution < 1.29 is 0 Å². The lowest BCUT2D eigenvalue weighted by Crippen LogP contribution is -2.13. The molecule has 96 valence electrons. The van der Waals surface area contributed by atoms with E-state index in [4.69, 9.17) is 5.73 Å². The maximum atomic E-state index is 6.28. The van der Waals surface area contributed by atoms with Crippen LogP contribution in [-0.2, 0) is 6.54 Å². The Morgan fingerprint density at radius 3 is 2.72 bits per heavy atom. The van der Waals surface area contributed by atoms with Crippen LogP contribution >= 0.6 is 0 Å². The zero-order chi connectivity index (χ0) is 13.1. The Kier molecular flexibility index (Phi) is 3.67. The Balaban J connectivity index is 2.27. The van der Waals surface area contributed by atoms with E-state index in [0.717, 1.165) is 23.4 Å². The topological polar surface area (TPSA) is 47.1 Å². The number of aromatic nitrogens is 2. The molecule has 2 rings (SSSR count). The van der Waals surface area contributed by atoms with Gasteiger partial charge in [-0.25, -0.2) is 0 Å². The van der Waals surface area contributed by atoms with E-state index in [1.165, 1.54) is 0 Å². The van der Waals surface area contributed by atoms with Crippen molar-refractivity contribution in [3.63, 3.8) is 0 Å².